The molecular formula is C16H24N4. The van der Waals surface area contributed by atoms with Crippen molar-refractivity contribution < 1.29 is 0 Å². The van der Waals surface area contributed by atoms with Gasteiger partial charge in [-0.25, -0.2) is 0 Å². The second-order valence-electron chi connectivity index (χ2n) is 5.74. The molecule has 108 valence electrons. The first kappa shape index (κ1) is 15.0. The van der Waals surface area contributed by atoms with Crippen LogP contribution in [-0.2, 0) is 5.54 Å². The lowest BCUT2D eigenvalue weighted by molar-refractivity contribution is 0.233. The zero-order valence-corrected chi connectivity index (χ0v) is 12.3. The monoisotopic (exact) mass is 272 g/mol. The number of nitrogens with two attached hydrogens (primary N) is 1. The van der Waals surface area contributed by atoms with Crippen LogP contribution >= 0.6 is 0 Å². The number of hydrogen-bond acceptors (Lipinski definition) is 4. The van der Waals surface area contributed by atoms with Gasteiger partial charge in [0.2, 0.25) is 0 Å². The molecule has 1 aliphatic rings. The Morgan fingerprint density at radius 3 is 2.55 bits per heavy atom. The Labute approximate surface area is 121 Å². The van der Waals surface area contributed by atoms with Crippen LogP contribution in [0.1, 0.15) is 18.4 Å². The molecule has 1 saturated heterocycles. The highest BCUT2D eigenvalue weighted by Crippen LogP contribution is 2.18. The SMILES string of the molecule is CN(CCN1CCCC1)CC(N)(C#N)c1ccccc1. The van der Waals surface area contributed by atoms with Crippen LogP contribution in [0.15, 0.2) is 30.3 Å². The van der Waals surface area contributed by atoms with Gasteiger partial charge in [0.1, 0.15) is 5.54 Å². The highest BCUT2D eigenvalue weighted by Gasteiger charge is 2.28. The maximum atomic E-state index is 9.46. The van der Waals surface area contributed by atoms with E-state index >= 15 is 0 Å². The standard InChI is InChI=1S/C16H24N4/c1-19(11-12-20-9-5-6-10-20)14-16(18,13-17)15-7-3-2-4-8-15/h2-4,7-8H,5-6,9-12,14,18H2,1H3. The van der Waals surface area contributed by atoms with Crippen LogP contribution in [0.4, 0.5) is 0 Å². The summed E-state index contributed by atoms with van der Waals surface area (Å²) in [5.41, 5.74) is 6.24. The Balaban J connectivity index is 1.90. The van der Waals surface area contributed by atoms with Gasteiger partial charge in [0.05, 0.1) is 6.07 Å². The third-order valence-corrected chi connectivity index (χ3v) is 4.00. The van der Waals surface area contributed by atoms with Crippen molar-refractivity contribution >= 4 is 0 Å². The number of benzene rings is 1. The topological polar surface area (TPSA) is 56.3 Å². The summed E-state index contributed by atoms with van der Waals surface area (Å²) in [5, 5.41) is 9.46. The predicted octanol–water partition coefficient (Wildman–Crippen LogP) is 1.39. The van der Waals surface area contributed by atoms with Crippen LogP contribution in [0.5, 0.6) is 0 Å². The number of nitrogens with zero attached hydrogens (tertiary/aromatic N) is 3. The number of hydrogen-bond donors (Lipinski definition) is 1. The Kier molecular flexibility index (Phi) is 5.13. The molecule has 1 atom stereocenters. The van der Waals surface area contributed by atoms with Crippen molar-refractivity contribution in [3.63, 3.8) is 0 Å². The maximum Gasteiger partial charge on any atom is 0.142 e. The van der Waals surface area contributed by atoms with Crippen molar-refractivity contribution in [3.8, 4) is 6.07 Å². The second-order valence-corrected chi connectivity index (χ2v) is 5.74. The summed E-state index contributed by atoms with van der Waals surface area (Å²) in [4.78, 5) is 4.64. The summed E-state index contributed by atoms with van der Waals surface area (Å²) in [6.45, 7) is 4.98. The minimum atomic E-state index is -0.930. The molecule has 0 amide bonds. The first-order chi connectivity index (χ1) is 9.64. The molecule has 1 aromatic rings. The fourth-order valence-corrected chi connectivity index (χ4v) is 2.75. The zero-order valence-electron chi connectivity index (χ0n) is 12.3. The second kappa shape index (κ2) is 6.85. The molecule has 0 saturated carbocycles. The Morgan fingerprint density at radius 2 is 1.95 bits per heavy atom. The molecule has 1 aliphatic heterocycles. The molecule has 1 aromatic carbocycles. The molecule has 1 fully saturated rings. The van der Waals surface area contributed by atoms with E-state index in [2.05, 4.69) is 15.9 Å². The van der Waals surface area contributed by atoms with Crippen molar-refractivity contribution in [3.05, 3.63) is 35.9 Å². The van der Waals surface area contributed by atoms with Crippen LogP contribution in [-0.4, -0.2) is 49.6 Å². The van der Waals surface area contributed by atoms with Gasteiger partial charge in [-0.2, -0.15) is 5.26 Å². The van der Waals surface area contributed by atoms with Crippen molar-refractivity contribution in [2.45, 2.75) is 18.4 Å². The van der Waals surface area contributed by atoms with Crippen LogP contribution in [0.25, 0.3) is 0 Å². The third kappa shape index (κ3) is 3.80. The predicted molar refractivity (Wildman–Crippen MR) is 81.1 cm³/mol. The minimum Gasteiger partial charge on any atom is -0.309 e. The number of rotatable bonds is 6. The van der Waals surface area contributed by atoms with E-state index in [1.165, 1.54) is 25.9 Å². The van der Waals surface area contributed by atoms with E-state index in [1.807, 2.05) is 37.4 Å². The molecule has 0 radical (unpaired) electrons. The summed E-state index contributed by atoms with van der Waals surface area (Å²) in [5.74, 6) is 0. The maximum absolute atomic E-state index is 9.46. The Morgan fingerprint density at radius 1 is 1.30 bits per heavy atom. The van der Waals surface area contributed by atoms with Crippen LogP contribution in [0.3, 0.4) is 0 Å². The first-order valence-electron chi connectivity index (χ1n) is 7.30. The number of likely N-dealkylation sites (tertiary alicyclic amines) is 1. The first-order valence-corrected chi connectivity index (χ1v) is 7.30. The average Bonchev–Trinajstić information content (AvgIpc) is 2.99. The van der Waals surface area contributed by atoms with Crippen LogP contribution in [0, 0.1) is 11.3 Å². The van der Waals surface area contributed by atoms with Crippen molar-refractivity contribution in [2.75, 3.05) is 39.8 Å². The lowest BCUT2D eigenvalue weighted by Crippen LogP contribution is -2.47. The summed E-state index contributed by atoms with van der Waals surface area (Å²) in [7, 11) is 2.04. The smallest absolute Gasteiger partial charge is 0.142 e. The van der Waals surface area contributed by atoms with E-state index in [0.29, 0.717) is 6.54 Å². The Hall–Kier alpha value is -1.41. The van der Waals surface area contributed by atoms with Gasteiger partial charge < -0.3 is 15.5 Å². The fraction of sp³-hybridized carbons (Fsp3) is 0.562. The van der Waals surface area contributed by atoms with E-state index in [-0.39, 0.29) is 0 Å². The zero-order chi connectivity index (χ0) is 14.4. The van der Waals surface area contributed by atoms with E-state index in [9.17, 15) is 5.26 Å². The molecule has 20 heavy (non-hydrogen) atoms. The highest BCUT2D eigenvalue weighted by molar-refractivity contribution is 5.31. The normalized spacial score (nSPS) is 18.9. The molecule has 2 rings (SSSR count). The molecule has 2 N–H and O–H groups in total. The van der Waals surface area contributed by atoms with E-state index in [0.717, 1.165) is 18.7 Å². The van der Waals surface area contributed by atoms with Gasteiger partial charge in [0, 0.05) is 19.6 Å². The van der Waals surface area contributed by atoms with E-state index in [1.54, 1.807) is 0 Å². The van der Waals surface area contributed by atoms with Gasteiger partial charge in [-0.1, -0.05) is 30.3 Å². The molecule has 0 aliphatic carbocycles. The molecule has 0 spiro atoms. The Bertz CT molecular complexity index is 447. The van der Waals surface area contributed by atoms with E-state index < -0.39 is 5.54 Å². The molecule has 1 unspecified atom stereocenters. The molecule has 1 heterocycles. The highest BCUT2D eigenvalue weighted by atomic mass is 15.2. The molecule has 0 bridgehead atoms. The molecule has 0 aromatic heterocycles. The van der Waals surface area contributed by atoms with Crippen molar-refractivity contribution in [1.29, 1.82) is 5.26 Å². The van der Waals surface area contributed by atoms with E-state index in [4.69, 9.17) is 5.73 Å². The average molecular weight is 272 g/mol. The van der Waals surface area contributed by atoms with Crippen molar-refractivity contribution in [1.82, 2.24) is 9.80 Å². The van der Waals surface area contributed by atoms with Gasteiger partial charge in [0.15, 0.2) is 0 Å². The largest absolute Gasteiger partial charge is 0.309 e. The van der Waals surface area contributed by atoms with Crippen LogP contribution in [0.2, 0.25) is 0 Å². The number of likely N-dealkylation sites (N-methyl/N-ethyl adjacent to an activating group) is 1. The van der Waals surface area contributed by atoms with Gasteiger partial charge >= 0.3 is 0 Å². The lowest BCUT2D eigenvalue weighted by Gasteiger charge is -2.29. The van der Waals surface area contributed by atoms with Gasteiger partial charge in [-0.3, -0.25) is 0 Å². The lowest BCUT2D eigenvalue weighted by atomic mass is 9.92. The van der Waals surface area contributed by atoms with Crippen LogP contribution < -0.4 is 5.73 Å². The molecular weight excluding hydrogens is 248 g/mol. The summed E-state index contributed by atoms with van der Waals surface area (Å²) < 4.78 is 0. The summed E-state index contributed by atoms with van der Waals surface area (Å²) in [6, 6.07) is 11.9. The minimum absolute atomic E-state index is 0.557. The number of nitriles is 1. The van der Waals surface area contributed by atoms with Gasteiger partial charge in [-0.15, -0.1) is 0 Å². The van der Waals surface area contributed by atoms with Gasteiger partial charge in [0.25, 0.3) is 0 Å². The van der Waals surface area contributed by atoms with Gasteiger partial charge in [-0.05, 0) is 38.5 Å². The summed E-state index contributed by atoms with van der Waals surface area (Å²) in [6.07, 6.45) is 2.62. The van der Waals surface area contributed by atoms with Crippen molar-refractivity contribution in [2.24, 2.45) is 5.73 Å². The fourth-order valence-electron chi connectivity index (χ4n) is 2.75. The molecule has 4 nitrogen and oxygen atoms in total. The quantitative estimate of drug-likeness (QED) is 0.850. The molecule has 4 heteroatoms. The summed E-state index contributed by atoms with van der Waals surface area (Å²) >= 11 is 0. The third-order valence-electron chi connectivity index (χ3n) is 4.00.